The van der Waals surface area contributed by atoms with Crippen LogP contribution in [0.4, 0.5) is 13.2 Å². The van der Waals surface area contributed by atoms with Crippen molar-refractivity contribution in [1.82, 2.24) is 4.98 Å². The minimum absolute atomic E-state index is 0.126. The fourth-order valence-corrected chi connectivity index (χ4v) is 2.23. The van der Waals surface area contributed by atoms with Gasteiger partial charge in [-0.05, 0) is 18.2 Å². The molecule has 0 unspecified atom stereocenters. The number of fused-ring (bicyclic) bond motifs is 1. The summed E-state index contributed by atoms with van der Waals surface area (Å²) < 4.78 is 37.7. The molecule has 0 atom stereocenters. The van der Waals surface area contributed by atoms with Crippen LogP contribution in [0.5, 0.6) is 0 Å². The summed E-state index contributed by atoms with van der Waals surface area (Å²) in [6.07, 6.45) is -4.21. The van der Waals surface area contributed by atoms with E-state index in [2.05, 4.69) is 4.98 Å². The number of rotatable bonds is 1. The number of hydrogen-bond acceptors (Lipinski definition) is 3. The van der Waals surface area contributed by atoms with Gasteiger partial charge in [0, 0.05) is 0 Å². The Morgan fingerprint density at radius 1 is 1.38 bits per heavy atom. The van der Waals surface area contributed by atoms with Crippen molar-refractivity contribution in [1.29, 1.82) is 5.26 Å². The van der Waals surface area contributed by atoms with E-state index in [0.29, 0.717) is 15.2 Å². The number of thiazole rings is 1. The zero-order valence-corrected chi connectivity index (χ0v) is 8.69. The van der Waals surface area contributed by atoms with Crippen molar-refractivity contribution in [2.75, 3.05) is 0 Å². The maximum Gasteiger partial charge on any atom is 0.416 e. The van der Waals surface area contributed by atoms with E-state index in [0.717, 1.165) is 23.5 Å². The maximum absolute atomic E-state index is 12.4. The fourth-order valence-electron chi connectivity index (χ4n) is 1.29. The van der Waals surface area contributed by atoms with Crippen LogP contribution in [-0.2, 0) is 12.6 Å². The van der Waals surface area contributed by atoms with Crippen molar-refractivity contribution in [2.24, 2.45) is 0 Å². The Kier molecular flexibility index (Phi) is 2.56. The number of halogens is 3. The largest absolute Gasteiger partial charge is 0.416 e. The first-order valence-corrected chi connectivity index (χ1v) is 5.16. The molecular weight excluding hydrogens is 237 g/mol. The van der Waals surface area contributed by atoms with E-state index >= 15 is 0 Å². The summed E-state index contributed by atoms with van der Waals surface area (Å²) in [6, 6.07) is 5.31. The third-order valence-electron chi connectivity index (χ3n) is 1.99. The number of benzene rings is 1. The van der Waals surface area contributed by atoms with Gasteiger partial charge in [-0.25, -0.2) is 4.98 Å². The lowest BCUT2D eigenvalue weighted by atomic mass is 10.2. The zero-order valence-electron chi connectivity index (χ0n) is 7.88. The lowest BCUT2D eigenvalue weighted by molar-refractivity contribution is -0.137. The summed E-state index contributed by atoms with van der Waals surface area (Å²) in [6.45, 7) is 0. The Hall–Kier alpha value is -1.61. The molecule has 2 rings (SSSR count). The second kappa shape index (κ2) is 3.76. The van der Waals surface area contributed by atoms with Gasteiger partial charge in [-0.15, -0.1) is 11.3 Å². The van der Waals surface area contributed by atoms with Crippen LogP contribution in [0.2, 0.25) is 0 Å². The van der Waals surface area contributed by atoms with Crippen molar-refractivity contribution in [3.63, 3.8) is 0 Å². The molecule has 1 aromatic heterocycles. The number of nitriles is 1. The molecule has 0 fully saturated rings. The average Bonchev–Trinajstić information content (AvgIpc) is 2.57. The minimum atomic E-state index is -4.34. The standard InChI is InChI=1S/C10H5F3N2S/c11-10(12,13)6-1-2-7-8(5-6)16-9(15-7)3-4-14/h1-2,5H,3H2. The van der Waals surface area contributed by atoms with Crippen LogP contribution in [0.1, 0.15) is 10.6 Å². The maximum atomic E-state index is 12.4. The molecule has 0 bridgehead atoms. The highest BCUT2D eigenvalue weighted by Crippen LogP contribution is 2.33. The Bertz CT molecular complexity index is 565. The molecule has 0 aliphatic carbocycles. The smallest absolute Gasteiger partial charge is 0.240 e. The minimum Gasteiger partial charge on any atom is -0.240 e. The van der Waals surface area contributed by atoms with Crippen LogP contribution in [0, 0.1) is 11.3 Å². The normalized spacial score (nSPS) is 11.6. The molecule has 0 spiro atoms. The van der Waals surface area contributed by atoms with E-state index in [4.69, 9.17) is 5.26 Å². The van der Waals surface area contributed by atoms with E-state index in [-0.39, 0.29) is 6.42 Å². The van der Waals surface area contributed by atoms with Crippen molar-refractivity contribution < 1.29 is 13.2 Å². The molecule has 6 heteroatoms. The summed E-state index contributed by atoms with van der Waals surface area (Å²) in [5, 5.41) is 9.00. The summed E-state index contributed by atoms with van der Waals surface area (Å²) in [7, 11) is 0. The third kappa shape index (κ3) is 1.99. The first-order chi connectivity index (χ1) is 7.50. The summed E-state index contributed by atoms with van der Waals surface area (Å²) in [5.74, 6) is 0. The fraction of sp³-hybridized carbons (Fsp3) is 0.200. The van der Waals surface area contributed by atoms with Crippen LogP contribution < -0.4 is 0 Å². The van der Waals surface area contributed by atoms with Crippen molar-refractivity contribution in [3.8, 4) is 6.07 Å². The van der Waals surface area contributed by atoms with Gasteiger partial charge in [0.05, 0.1) is 28.3 Å². The van der Waals surface area contributed by atoms with E-state index in [9.17, 15) is 13.2 Å². The van der Waals surface area contributed by atoms with Gasteiger partial charge in [-0.3, -0.25) is 0 Å². The zero-order chi connectivity index (χ0) is 11.8. The van der Waals surface area contributed by atoms with Crippen molar-refractivity contribution in [3.05, 3.63) is 28.8 Å². The average molecular weight is 242 g/mol. The molecule has 82 valence electrons. The monoisotopic (exact) mass is 242 g/mol. The van der Waals surface area contributed by atoms with Gasteiger partial charge in [-0.1, -0.05) is 0 Å². The molecule has 1 heterocycles. The summed E-state index contributed by atoms with van der Waals surface area (Å²) >= 11 is 1.12. The first-order valence-electron chi connectivity index (χ1n) is 4.34. The molecular formula is C10H5F3N2S. The molecule has 16 heavy (non-hydrogen) atoms. The Morgan fingerprint density at radius 3 is 2.75 bits per heavy atom. The van der Waals surface area contributed by atoms with E-state index in [1.165, 1.54) is 6.07 Å². The molecule has 0 amide bonds. The Balaban J connectivity index is 2.51. The number of hydrogen-bond donors (Lipinski definition) is 0. The highest BCUT2D eigenvalue weighted by molar-refractivity contribution is 7.18. The van der Waals surface area contributed by atoms with Crippen LogP contribution in [0.25, 0.3) is 10.2 Å². The number of aromatic nitrogens is 1. The molecule has 2 nitrogen and oxygen atoms in total. The van der Waals surface area contributed by atoms with Crippen molar-refractivity contribution in [2.45, 2.75) is 12.6 Å². The second-order valence-corrected chi connectivity index (χ2v) is 4.24. The van der Waals surface area contributed by atoms with E-state index in [1.54, 1.807) is 0 Å². The quantitative estimate of drug-likeness (QED) is 0.768. The van der Waals surface area contributed by atoms with Gasteiger partial charge in [0.1, 0.15) is 5.01 Å². The van der Waals surface area contributed by atoms with E-state index in [1.807, 2.05) is 6.07 Å². The molecule has 1 aromatic carbocycles. The molecule has 0 saturated carbocycles. The molecule has 0 radical (unpaired) electrons. The van der Waals surface area contributed by atoms with Crippen molar-refractivity contribution >= 4 is 21.6 Å². The van der Waals surface area contributed by atoms with E-state index < -0.39 is 11.7 Å². The van der Waals surface area contributed by atoms with Gasteiger partial charge in [0.25, 0.3) is 0 Å². The molecule has 2 aromatic rings. The number of nitrogens with zero attached hydrogens (tertiary/aromatic N) is 2. The molecule has 0 aliphatic heterocycles. The van der Waals surface area contributed by atoms with Gasteiger partial charge in [0.2, 0.25) is 0 Å². The molecule has 0 aliphatic rings. The predicted octanol–water partition coefficient (Wildman–Crippen LogP) is 3.38. The summed E-state index contributed by atoms with van der Waals surface area (Å²) in [4.78, 5) is 4.05. The number of alkyl halides is 3. The topological polar surface area (TPSA) is 36.7 Å². The first kappa shape index (κ1) is 10.9. The lowest BCUT2D eigenvalue weighted by Crippen LogP contribution is -2.03. The van der Waals surface area contributed by atoms with Crippen LogP contribution in [-0.4, -0.2) is 4.98 Å². The SMILES string of the molecule is N#CCc1nc2ccc(C(F)(F)F)cc2s1. The lowest BCUT2D eigenvalue weighted by Gasteiger charge is -2.04. The highest BCUT2D eigenvalue weighted by atomic mass is 32.1. The van der Waals surface area contributed by atoms with Gasteiger partial charge in [0.15, 0.2) is 0 Å². The molecule has 0 N–H and O–H groups in total. The highest BCUT2D eigenvalue weighted by Gasteiger charge is 2.30. The third-order valence-corrected chi connectivity index (χ3v) is 3.01. The summed E-state index contributed by atoms with van der Waals surface area (Å²) in [5.41, 5.74) is -0.185. The second-order valence-electron chi connectivity index (χ2n) is 3.12. The van der Waals surface area contributed by atoms with Crippen LogP contribution >= 0.6 is 11.3 Å². The van der Waals surface area contributed by atoms with Gasteiger partial charge < -0.3 is 0 Å². The van der Waals surface area contributed by atoms with Gasteiger partial charge >= 0.3 is 6.18 Å². The predicted molar refractivity (Wildman–Crippen MR) is 53.9 cm³/mol. The Labute approximate surface area is 93.0 Å². The van der Waals surface area contributed by atoms with Gasteiger partial charge in [-0.2, -0.15) is 18.4 Å². The molecule has 0 saturated heterocycles. The van der Waals surface area contributed by atoms with Crippen LogP contribution in [0.15, 0.2) is 18.2 Å². The van der Waals surface area contributed by atoms with Crippen LogP contribution in [0.3, 0.4) is 0 Å². The Morgan fingerprint density at radius 2 is 2.12 bits per heavy atom.